The van der Waals surface area contributed by atoms with Crippen LogP contribution in [-0.2, 0) is 0 Å². The summed E-state index contributed by atoms with van der Waals surface area (Å²) < 4.78 is 0. The Bertz CT molecular complexity index is 369. The van der Waals surface area contributed by atoms with Crippen LogP contribution in [0.5, 0.6) is 0 Å². The molecule has 68 valence electrons. The summed E-state index contributed by atoms with van der Waals surface area (Å²) >= 11 is 5.86. The van der Waals surface area contributed by atoms with E-state index in [1.807, 2.05) is 0 Å². The Labute approximate surface area is 81.5 Å². The maximum absolute atomic E-state index is 11.0. The van der Waals surface area contributed by atoms with E-state index in [0.717, 1.165) is 5.56 Å². The molecule has 0 atom stereocenters. The number of carbonyl (C=O) groups excluding carboxylic acids is 2. The van der Waals surface area contributed by atoms with Crippen LogP contribution in [0.4, 0.5) is 0 Å². The smallest absolute Gasteiger partial charge is 0.161 e. The van der Waals surface area contributed by atoms with Gasteiger partial charge in [-0.25, -0.2) is 0 Å². The molecule has 1 rings (SSSR count). The summed E-state index contributed by atoms with van der Waals surface area (Å²) in [5, 5.41) is 0.252. The molecule has 0 spiro atoms. The fourth-order valence-electron chi connectivity index (χ4n) is 1.11. The van der Waals surface area contributed by atoms with Crippen LogP contribution < -0.4 is 0 Å². The van der Waals surface area contributed by atoms with Gasteiger partial charge in [-0.15, -0.1) is 0 Å². The lowest BCUT2D eigenvalue weighted by Crippen LogP contribution is -1.98. The number of aryl methyl sites for hydroxylation is 1. The first-order chi connectivity index (χ1) is 6.07. The second-order valence-corrected chi connectivity index (χ2v) is 3.21. The van der Waals surface area contributed by atoms with Crippen LogP contribution in [0.2, 0.25) is 5.02 Å². The minimum absolute atomic E-state index is 0.131. The van der Waals surface area contributed by atoms with Gasteiger partial charge in [0.15, 0.2) is 12.1 Å². The van der Waals surface area contributed by atoms with Crippen LogP contribution >= 0.6 is 11.6 Å². The van der Waals surface area contributed by atoms with Crippen molar-refractivity contribution in [1.82, 2.24) is 0 Å². The first-order valence-corrected chi connectivity index (χ1v) is 4.21. The largest absolute Gasteiger partial charge is 0.298 e. The lowest BCUT2D eigenvalue weighted by atomic mass is 10.0. The standard InChI is InChI=1S/C10H9ClO2/c1-6-3-4-8(7(2)13)10(11)9(6)5-12/h3-5H,1-2H3. The molecule has 0 N–H and O–H groups in total. The number of rotatable bonds is 2. The fourth-order valence-corrected chi connectivity index (χ4v) is 1.50. The predicted octanol–water partition coefficient (Wildman–Crippen LogP) is 2.66. The van der Waals surface area contributed by atoms with Gasteiger partial charge < -0.3 is 0 Å². The van der Waals surface area contributed by atoms with Crippen LogP contribution in [0.1, 0.15) is 33.2 Å². The summed E-state index contributed by atoms with van der Waals surface area (Å²) in [4.78, 5) is 21.7. The number of ketones is 1. The maximum atomic E-state index is 11.0. The van der Waals surface area contributed by atoms with E-state index in [0.29, 0.717) is 17.4 Å². The van der Waals surface area contributed by atoms with E-state index in [9.17, 15) is 9.59 Å². The number of halogens is 1. The van der Waals surface area contributed by atoms with Gasteiger partial charge in [0.25, 0.3) is 0 Å². The minimum Gasteiger partial charge on any atom is -0.298 e. The highest BCUT2D eigenvalue weighted by Crippen LogP contribution is 2.23. The molecule has 0 unspecified atom stereocenters. The van der Waals surface area contributed by atoms with Crippen LogP contribution in [0.25, 0.3) is 0 Å². The summed E-state index contributed by atoms with van der Waals surface area (Å²) in [6.07, 6.45) is 0.671. The summed E-state index contributed by atoms with van der Waals surface area (Å²) in [5.74, 6) is -0.131. The lowest BCUT2D eigenvalue weighted by molar-refractivity contribution is 0.101. The SMILES string of the molecule is CC(=O)c1ccc(C)c(C=O)c1Cl. The number of hydrogen-bond acceptors (Lipinski definition) is 2. The molecule has 3 heteroatoms. The highest BCUT2D eigenvalue weighted by molar-refractivity contribution is 6.36. The molecule has 0 bridgehead atoms. The van der Waals surface area contributed by atoms with Crippen molar-refractivity contribution in [3.63, 3.8) is 0 Å². The van der Waals surface area contributed by atoms with Crippen LogP contribution in [0.3, 0.4) is 0 Å². The topological polar surface area (TPSA) is 34.1 Å². The van der Waals surface area contributed by atoms with Crippen molar-refractivity contribution in [3.8, 4) is 0 Å². The van der Waals surface area contributed by atoms with E-state index in [2.05, 4.69) is 0 Å². The number of hydrogen-bond donors (Lipinski definition) is 0. The molecule has 0 saturated carbocycles. The average molecular weight is 197 g/mol. The summed E-state index contributed by atoms with van der Waals surface area (Å²) in [7, 11) is 0. The third-order valence-electron chi connectivity index (χ3n) is 1.89. The first kappa shape index (κ1) is 9.93. The summed E-state index contributed by atoms with van der Waals surface area (Å²) in [6.45, 7) is 3.20. The van der Waals surface area contributed by atoms with Crippen LogP contribution in [-0.4, -0.2) is 12.1 Å². The van der Waals surface area contributed by atoms with Gasteiger partial charge in [-0.1, -0.05) is 17.7 Å². The molecule has 0 fully saturated rings. The molecule has 0 aliphatic rings. The molecule has 0 heterocycles. The Kier molecular flexibility index (Phi) is 2.83. The summed E-state index contributed by atoms with van der Waals surface area (Å²) in [5.41, 5.74) is 1.58. The highest BCUT2D eigenvalue weighted by atomic mass is 35.5. The van der Waals surface area contributed by atoms with E-state index in [1.54, 1.807) is 19.1 Å². The lowest BCUT2D eigenvalue weighted by Gasteiger charge is -2.04. The minimum atomic E-state index is -0.131. The van der Waals surface area contributed by atoms with Crippen LogP contribution in [0, 0.1) is 6.92 Å². The molecule has 2 nitrogen and oxygen atoms in total. The van der Waals surface area contributed by atoms with E-state index in [4.69, 9.17) is 11.6 Å². The zero-order valence-corrected chi connectivity index (χ0v) is 8.18. The Morgan fingerprint density at radius 2 is 2.08 bits per heavy atom. The Morgan fingerprint density at radius 1 is 1.46 bits per heavy atom. The van der Waals surface area contributed by atoms with E-state index >= 15 is 0 Å². The number of carbonyl (C=O) groups is 2. The Balaban J connectivity index is 3.44. The van der Waals surface area contributed by atoms with Crippen molar-refractivity contribution < 1.29 is 9.59 Å². The van der Waals surface area contributed by atoms with Crippen molar-refractivity contribution in [2.24, 2.45) is 0 Å². The normalized spacial score (nSPS) is 9.77. The van der Waals surface area contributed by atoms with Gasteiger partial charge in [-0.05, 0) is 25.5 Å². The van der Waals surface area contributed by atoms with Gasteiger partial charge in [-0.2, -0.15) is 0 Å². The third-order valence-corrected chi connectivity index (χ3v) is 2.30. The van der Waals surface area contributed by atoms with Crippen molar-refractivity contribution >= 4 is 23.7 Å². The molecule has 0 amide bonds. The zero-order chi connectivity index (χ0) is 10.0. The quantitative estimate of drug-likeness (QED) is 0.538. The van der Waals surface area contributed by atoms with Crippen molar-refractivity contribution in [1.29, 1.82) is 0 Å². The van der Waals surface area contributed by atoms with E-state index < -0.39 is 0 Å². The van der Waals surface area contributed by atoms with Crippen molar-refractivity contribution in [2.45, 2.75) is 13.8 Å². The molecule has 1 aromatic carbocycles. The molecule has 0 saturated heterocycles. The number of Topliss-reactive ketones (excluding diaryl/α,β-unsaturated/α-hetero) is 1. The maximum Gasteiger partial charge on any atom is 0.161 e. The third kappa shape index (κ3) is 1.78. The predicted molar refractivity (Wildman–Crippen MR) is 51.6 cm³/mol. The highest BCUT2D eigenvalue weighted by Gasteiger charge is 2.11. The molecular weight excluding hydrogens is 188 g/mol. The second-order valence-electron chi connectivity index (χ2n) is 2.83. The fraction of sp³-hybridized carbons (Fsp3) is 0.200. The second kappa shape index (κ2) is 3.71. The molecular formula is C10H9ClO2. The van der Waals surface area contributed by atoms with Crippen LogP contribution in [0.15, 0.2) is 12.1 Å². The Hall–Kier alpha value is -1.15. The zero-order valence-electron chi connectivity index (χ0n) is 7.43. The molecule has 0 aliphatic carbocycles. The van der Waals surface area contributed by atoms with E-state index in [1.165, 1.54) is 6.92 Å². The number of aldehydes is 1. The molecule has 13 heavy (non-hydrogen) atoms. The average Bonchev–Trinajstić information content (AvgIpc) is 2.04. The monoisotopic (exact) mass is 196 g/mol. The van der Waals surface area contributed by atoms with Gasteiger partial charge in [0.1, 0.15) is 0 Å². The Morgan fingerprint density at radius 3 is 2.54 bits per heavy atom. The van der Waals surface area contributed by atoms with Crippen molar-refractivity contribution in [2.75, 3.05) is 0 Å². The molecule has 0 radical (unpaired) electrons. The van der Waals surface area contributed by atoms with Gasteiger partial charge in [-0.3, -0.25) is 9.59 Å². The van der Waals surface area contributed by atoms with Gasteiger partial charge >= 0.3 is 0 Å². The molecule has 0 aromatic heterocycles. The van der Waals surface area contributed by atoms with E-state index in [-0.39, 0.29) is 10.8 Å². The van der Waals surface area contributed by atoms with Gasteiger partial charge in [0.2, 0.25) is 0 Å². The van der Waals surface area contributed by atoms with Gasteiger partial charge in [0, 0.05) is 11.1 Å². The molecule has 0 aliphatic heterocycles. The number of benzene rings is 1. The van der Waals surface area contributed by atoms with Crippen molar-refractivity contribution in [3.05, 3.63) is 33.8 Å². The molecule has 1 aromatic rings. The first-order valence-electron chi connectivity index (χ1n) is 3.83. The van der Waals surface area contributed by atoms with Gasteiger partial charge in [0.05, 0.1) is 5.02 Å². The summed E-state index contributed by atoms with van der Waals surface area (Å²) in [6, 6.07) is 3.35.